The van der Waals surface area contributed by atoms with Crippen molar-refractivity contribution >= 4 is 5.82 Å². The molecular formula is C21H25N5. The number of nitrogens with one attached hydrogen (secondary N) is 1. The van der Waals surface area contributed by atoms with Gasteiger partial charge < -0.3 is 5.32 Å². The van der Waals surface area contributed by atoms with Gasteiger partial charge in [-0.05, 0) is 68.6 Å². The molecule has 0 radical (unpaired) electrons. The molecular weight excluding hydrogens is 322 g/mol. The van der Waals surface area contributed by atoms with E-state index >= 15 is 0 Å². The van der Waals surface area contributed by atoms with Crippen LogP contribution in [0, 0.1) is 11.3 Å². The Labute approximate surface area is 154 Å². The van der Waals surface area contributed by atoms with Crippen LogP contribution in [0.2, 0.25) is 0 Å². The van der Waals surface area contributed by atoms with Gasteiger partial charge in [0.2, 0.25) is 0 Å². The third-order valence-corrected chi connectivity index (χ3v) is 6.29. The van der Waals surface area contributed by atoms with Crippen LogP contribution >= 0.6 is 0 Å². The van der Waals surface area contributed by atoms with E-state index in [2.05, 4.69) is 22.3 Å². The topological polar surface area (TPSA) is 66.5 Å². The normalized spacial score (nSPS) is 22.0. The number of anilines is 1. The summed E-state index contributed by atoms with van der Waals surface area (Å²) >= 11 is 0. The first-order valence-electron chi connectivity index (χ1n) is 10.1. The van der Waals surface area contributed by atoms with Crippen molar-refractivity contribution in [2.75, 3.05) is 5.32 Å². The van der Waals surface area contributed by atoms with Crippen LogP contribution in [0.15, 0.2) is 12.3 Å². The molecule has 1 saturated carbocycles. The van der Waals surface area contributed by atoms with Gasteiger partial charge in [-0.1, -0.05) is 12.8 Å². The van der Waals surface area contributed by atoms with Crippen LogP contribution in [0.3, 0.4) is 0 Å². The third kappa shape index (κ3) is 2.68. The molecule has 2 aromatic rings. The van der Waals surface area contributed by atoms with Crippen LogP contribution in [0.5, 0.6) is 0 Å². The highest BCUT2D eigenvalue weighted by Gasteiger charge is 2.28. The quantitative estimate of drug-likeness (QED) is 0.901. The molecule has 1 atom stereocenters. The summed E-state index contributed by atoms with van der Waals surface area (Å²) in [7, 11) is 0. The van der Waals surface area contributed by atoms with E-state index in [1.54, 1.807) is 0 Å². The zero-order valence-corrected chi connectivity index (χ0v) is 15.2. The summed E-state index contributed by atoms with van der Waals surface area (Å²) in [4.78, 5) is 4.81. The predicted molar refractivity (Wildman–Crippen MR) is 100 cm³/mol. The summed E-state index contributed by atoms with van der Waals surface area (Å²) in [6.07, 6.45) is 14.0. The maximum Gasteiger partial charge on any atom is 0.144 e. The van der Waals surface area contributed by atoms with Crippen molar-refractivity contribution in [2.45, 2.75) is 76.3 Å². The van der Waals surface area contributed by atoms with E-state index in [4.69, 9.17) is 10.1 Å². The molecule has 0 spiro atoms. The van der Waals surface area contributed by atoms with Crippen molar-refractivity contribution in [3.05, 3.63) is 40.3 Å². The van der Waals surface area contributed by atoms with Gasteiger partial charge in [0, 0.05) is 11.9 Å². The first-order chi connectivity index (χ1) is 12.8. The predicted octanol–water partition coefficient (Wildman–Crippen LogP) is 4.24. The first-order valence-corrected chi connectivity index (χ1v) is 10.1. The van der Waals surface area contributed by atoms with E-state index in [1.807, 2.05) is 6.07 Å². The van der Waals surface area contributed by atoms with Crippen molar-refractivity contribution in [1.82, 2.24) is 14.8 Å². The molecule has 5 nitrogen and oxygen atoms in total. The third-order valence-electron chi connectivity index (χ3n) is 6.29. The smallest absolute Gasteiger partial charge is 0.144 e. The lowest BCUT2D eigenvalue weighted by atomic mass is 9.93. The number of aromatic nitrogens is 3. The Hall–Kier alpha value is -2.35. The van der Waals surface area contributed by atoms with E-state index in [0.717, 1.165) is 44.3 Å². The molecule has 5 heteroatoms. The molecule has 1 N–H and O–H groups in total. The molecule has 134 valence electrons. The summed E-state index contributed by atoms with van der Waals surface area (Å²) in [6, 6.07) is 5.12. The van der Waals surface area contributed by atoms with Crippen LogP contribution in [0.1, 0.15) is 85.1 Å². The van der Waals surface area contributed by atoms with Gasteiger partial charge in [-0.25, -0.2) is 4.98 Å². The van der Waals surface area contributed by atoms with Crippen LogP contribution in [-0.2, 0) is 19.3 Å². The fraction of sp³-hybridized carbons (Fsp3) is 0.571. The second-order valence-corrected chi connectivity index (χ2v) is 8.00. The molecule has 3 aliphatic carbocycles. The maximum atomic E-state index is 9.57. The second-order valence-electron chi connectivity index (χ2n) is 8.00. The molecule has 26 heavy (non-hydrogen) atoms. The van der Waals surface area contributed by atoms with Crippen LogP contribution < -0.4 is 5.32 Å². The van der Waals surface area contributed by atoms with Gasteiger partial charge in [0.1, 0.15) is 11.9 Å². The summed E-state index contributed by atoms with van der Waals surface area (Å²) in [5, 5.41) is 18.1. The maximum absolute atomic E-state index is 9.57. The van der Waals surface area contributed by atoms with Gasteiger partial charge in [-0.15, -0.1) is 0 Å². The van der Waals surface area contributed by atoms with Crippen molar-refractivity contribution in [2.24, 2.45) is 0 Å². The summed E-state index contributed by atoms with van der Waals surface area (Å²) in [5.74, 6) is 0.751. The number of fused-ring (bicyclic) bond motifs is 2. The van der Waals surface area contributed by atoms with Gasteiger partial charge in [-0.3, -0.25) is 4.68 Å². The Balaban J connectivity index is 1.45. The molecule has 0 aliphatic heterocycles. The van der Waals surface area contributed by atoms with Gasteiger partial charge >= 0.3 is 0 Å². The minimum absolute atomic E-state index is 0.167. The largest absolute Gasteiger partial charge is 0.361 e. The highest BCUT2D eigenvalue weighted by Crippen LogP contribution is 2.36. The second kappa shape index (κ2) is 6.42. The Morgan fingerprint density at radius 3 is 2.73 bits per heavy atom. The fourth-order valence-electron chi connectivity index (χ4n) is 4.89. The average molecular weight is 347 g/mol. The van der Waals surface area contributed by atoms with Gasteiger partial charge in [-0.2, -0.15) is 10.4 Å². The number of hydrogen-bond donors (Lipinski definition) is 1. The molecule has 0 saturated heterocycles. The molecule has 1 unspecified atom stereocenters. The number of nitriles is 1. The van der Waals surface area contributed by atoms with Crippen molar-refractivity contribution in [3.63, 3.8) is 0 Å². The van der Waals surface area contributed by atoms with E-state index in [1.165, 1.54) is 48.2 Å². The highest BCUT2D eigenvalue weighted by atomic mass is 15.3. The van der Waals surface area contributed by atoms with Crippen molar-refractivity contribution in [3.8, 4) is 6.07 Å². The van der Waals surface area contributed by atoms with Gasteiger partial charge in [0.15, 0.2) is 0 Å². The number of hydrogen-bond acceptors (Lipinski definition) is 4. The molecule has 0 amide bonds. The monoisotopic (exact) mass is 347 g/mol. The number of aryl methyl sites for hydroxylation is 3. The fourth-order valence-corrected chi connectivity index (χ4v) is 4.89. The lowest BCUT2D eigenvalue weighted by molar-refractivity contribution is 0.459. The highest BCUT2D eigenvalue weighted by molar-refractivity contribution is 5.56. The van der Waals surface area contributed by atoms with E-state index in [0.29, 0.717) is 11.6 Å². The minimum Gasteiger partial charge on any atom is -0.361 e. The first kappa shape index (κ1) is 15.9. The molecule has 1 fully saturated rings. The Kier molecular flexibility index (Phi) is 3.92. The number of nitrogens with zero attached hydrogens (tertiary/aromatic N) is 4. The van der Waals surface area contributed by atoms with E-state index in [9.17, 15) is 5.26 Å². The Bertz CT molecular complexity index is 869. The molecule has 5 rings (SSSR count). The molecule has 2 heterocycles. The molecule has 2 aromatic heterocycles. The average Bonchev–Trinajstić information content (AvgIpc) is 3.40. The number of pyridine rings is 1. The minimum atomic E-state index is 0.167. The molecule has 3 aliphatic rings. The van der Waals surface area contributed by atoms with Gasteiger partial charge in [0.25, 0.3) is 0 Å². The van der Waals surface area contributed by atoms with E-state index < -0.39 is 0 Å². The van der Waals surface area contributed by atoms with Crippen molar-refractivity contribution < 1.29 is 0 Å². The van der Waals surface area contributed by atoms with Crippen LogP contribution in [-0.4, -0.2) is 14.8 Å². The SMILES string of the molecule is N#Cc1cc2c(nc1NC1CCCc3cn(C4CCCC4)nc31)CCC2. The Morgan fingerprint density at radius 2 is 1.88 bits per heavy atom. The lowest BCUT2D eigenvalue weighted by Gasteiger charge is -2.23. The lowest BCUT2D eigenvalue weighted by Crippen LogP contribution is -2.19. The molecule has 0 aromatic carbocycles. The standard InChI is InChI=1S/C21H25N5/c22-12-16-11-14-5-3-9-18(14)23-21(16)24-19-10-4-6-15-13-26(25-20(15)19)17-7-1-2-8-17/h11,13,17,19H,1-10H2,(H,23,24). The molecule has 0 bridgehead atoms. The van der Waals surface area contributed by atoms with Gasteiger partial charge in [0.05, 0.1) is 23.3 Å². The van der Waals surface area contributed by atoms with Crippen molar-refractivity contribution in [1.29, 1.82) is 5.26 Å². The Morgan fingerprint density at radius 1 is 1.04 bits per heavy atom. The summed E-state index contributed by atoms with van der Waals surface area (Å²) < 4.78 is 2.22. The summed E-state index contributed by atoms with van der Waals surface area (Å²) in [6.45, 7) is 0. The van der Waals surface area contributed by atoms with Crippen LogP contribution in [0.4, 0.5) is 5.82 Å². The summed E-state index contributed by atoms with van der Waals surface area (Å²) in [5.41, 5.74) is 5.64. The zero-order chi connectivity index (χ0) is 17.5. The van der Waals surface area contributed by atoms with E-state index in [-0.39, 0.29) is 6.04 Å². The van der Waals surface area contributed by atoms with Crippen LogP contribution in [0.25, 0.3) is 0 Å². The zero-order valence-electron chi connectivity index (χ0n) is 15.2. The number of rotatable bonds is 3.